The van der Waals surface area contributed by atoms with E-state index in [4.69, 9.17) is 0 Å². The lowest BCUT2D eigenvalue weighted by molar-refractivity contribution is 0.571. The maximum Gasteiger partial charge on any atom is 0.0872 e. The molecule has 0 aromatic heterocycles. The van der Waals surface area contributed by atoms with Gasteiger partial charge in [-0.2, -0.15) is 0 Å². The Morgan fingerprint density at radius 3 is 1.73 bits per heavy atom. The van der Waals surface area contributed by atoms with Gasteiger partial charge in [0.15, 0.2) is 0 Å². The van der Waals surface area contributed by atoms with Gasteiger partial charge < -0.3 is 4.57 Å². The predicted molar refractivity (Wildman–Crippen MR) is 57.3 cm³/mol. The molecule has 0 saturated heterocycles. The van der Waals surface area contributed by atoms with Gasteiger partial charge in [0.2, 0.25) is 0 Å². The molecule has 0 spiro atoms. The maximum atomic E-state index is 11.5. The van der Waals surface area contributed by atoms with E-state index in [9.17, 15) is 4.57 Å². The smallest absolute Gasteiger partial charge is 0.0872 e. The average molecular weight is 180 g/mol. The van der Waals surface area contributed by atoms with Crippen LogP contribution in [0.5, 0.6) is 0 Å². The van der Waals surface area contributed by atoms with Crippen molar-refractivity contribution in [2.45, 2.75) is 47.7 Å². The van der Waals surface area contributed by atoms with Crippen LogP contribution in [-0.2, 0) is 4.57 Å². The van der Waals surface area contributed by atoms with E-state index in [2.05, 4.69) is 6.92 Å². The highest BCUT2D eigenvalue weighted by Gasteiger charge is 2.17. The molecule has 0 fully saturated rings. The molecule has 2 heteroatoms. The SMILES string of the molecule is C.C.CCCP(C)(=O)C(C)C. The van der Waals surface area contributed by atoms with Gasteiger partial charge in [-0.1, -0.05) is 35.6 Å². The number of hydrogen-bond acceptors (Lipinski definition) is 1. The van der Waals surface area contributed by atoms with E-state index in [-0.39, 0.29) is 14.9 Å². The Morgan fingerprint density at radius 2 is 1.64 bits per heavy atom. The van der Waals surface area contributed by atoms with Crippen LogP contribution >= 0.6 is 7.14 Å². The van der Waals surface area contributed by atoms with E-state index in [1.54, 1.807) is 0 Å². The topological polar surface area (TPSA) is 17.1 Å². The highest BCUT2D eigenvalue weighted by Crippen LogP contribution is 2.46. The van der Waals surface area contributed by atoms with Crippen LogP contribution in [0.3, 0.4) is 0 Å². The van der Waals surface area contributed by atoms with Crippen LogP contribution in [0.25, 0.3) is 0 Å². The largest absolute Gasteiger partial charge is 0.324 e. The van der Waals surface area contributed by atoms with E-state index in [1.165, 1.54) is 0 Å². The molecule has 0 N–H and O–H groups in total. The van der Waals surface area contributed by atoms with Gasteiger partial charge in [-0.3, -0.25) is 0 Å². The van der Waals surface area contributed by atoms with E-state index in [0.29, 0.717) is 5.66 Å². The first kappa shape index (κ1) is 17.4. The van der Waals surface area contributed by atoms with Crippen molar-refractivity contribution in [3.8, 4) is 0 Å². The fourth-order valence-electron chi connectivity index (χ4n) is 0.702. The summed E-state index contributed by atoms with van der Waals surface area (Å²) in [6.07, 6.45) is 1.95. The van der Waals surface area contributed by atoms with Crippen molar-refractivity contribution in [2.75, 3.05) is 12.8 Å². The first-order valence-corrected chi connectivity index (χ1v) is 5.97. The van der Waals surface area contributed by atoms with Gasteiger partial charge in [0.05, 0.1) is 7.14 Å². The molecule has 1 atom stereocenters. The van der Waals surface area contributed by atoms with Crippen molar-refractivity contribution in [3.05, 3.63) is 0 Å². The molecule has 0 aliphatic carbocycles. The van der Waals surface area contributed by atoms with Crippen LogP contribution in [-0.4, -0.2) is 18.5 Å². The van der Waals surface area contributed by atoms with Crippen molar-refractivity contribution in [1.82, 2.24) is 0 Å². The fourth-order valence-corrected chi connectivity index (χ4v) is 2.11. The van der Waals surface area contributed by atoms with Gasteiger partial charge in [-0.05, 0) is 13.1 Å². The zero-order chi connectivity index (χ0) is 7.49. The molecule has 0 aromatic carbocycles. The summed E-state index contributed by atoms with van der Waals surface area (Å²) in [5.74, 6) is 0. The molecule has 1 nitrogen and oxygen atoms in total. The van der Waals surface area contributed by atoms with Crippen LogP contribution in [0.2, 0.25) is 0 Å². The van der Waals surface area contributed by atoms with E-state index < -0.39 is 7.14 Å². The second-order valence-electron chi connectivity index (χ2n) is 2.99. The Hall–Kier alpha value is 0.230. The van der Waals surface area contributed by atoms with Gasteiger partial charge in [0.1, 0.15) is 0 Å². The van der Waals surface area contributed by atoms with Crippen molar-refractivity contribution in [3.63, 3.8) is 0 Å². The molecule has 0 bridgehead atoms. The lowest BCUT2D eigenvalue weighted by Gasteiger charge is -2.14. The third kappa shape index (κ3) is 6.62. The molecule has 0 aromatic rings. The Labute approximate surface area is 73.0 Å². The molecule has 0 heterocycles. The molecule has 0 rings (SSSR count). The lowest BCUT2D eigenvalue weighted by atomic mass is 10.6. The zero-order valence-electron chi connectivity index (χ0n) is 6.85. The summed E-state index contributed by atoms with van der Waals surface area (Å²) in [6, 6.07) is 0. The minimum Gasteiger partial charge on any atom is -0.324 e. The molecule has 72 valence electrons. The summed E-state index contributed by atoms with van der Waals surface area (Å²) in [7, 11) is -1.76. The summed E-state index contributed by atoms with van der Waals surface area (Å²) in [4.78, 5) is 0. The zero-order valence-corrected chi connectivity index (χ0v) is 7.74. The van der Waals surface area contributed by atoms with Crippen LogP contribution < -0.4 is 0 Å². The van der Waals surface area contributed by atoms with Crippen LogP contribution in [0, 0.1) is 0 Å². The summed E-state index contributed by atoms with van der Waals surface area (Å²) in [6.45, 7) is 8.06. The first-order chi connectivity index (χ1) is 4.00. The summed E-state index contributed by atoms with van der Waals surface area (Å²) >= 11 is 0. The standard InChI is InChI=1S/C7H17OP.2CH4/c1-5-6-9(4,8)7(2)3;;/h7H,5-6H2,1-4H3;2*1H4. The molecule has 0 aliphatic heterocycles. The molecular weight excluding hydrogens is 155 g/mol. The van der Waals surface area contributed by atoms with E-state index in [0.717, 1.165) is 12.6 Å². The molecular formula is C9H25OP. The summed E-state index contributed by atoms with van der Waals surface area (Å²) in [5, 5.41) is 0. The molecule has 0 amide bonds. The van der Waals surface area contributed by atoms with Crippen LogP contribution in [0.4, 0.5) is 0 Å². The molecule has 11 heavy (non-hydrogen) atoms. The number of hydrogen-bond donors (Lipinski definition) is 0. The second kappa shape index (κ2) is 6.91. The monoisotopic (exact) mass is 180 g/mol. The van der Waals surface area contributed by atoms with Crippen molar-refractivity contribution in [2.24, 2.45) is 0 Å². The highest BCUT2D eigenvalue weighted by atomic mass is 31.2. The normalized spacial score (nSPS) is 14.6. The van der Waals surface area contributed by atoms with Crippen LogP contribution in [0.15, 0.2) is 0 Å². The second-order valence-corrected chi connectivity index (χ2v) is 6.82. The first-order valence-electron chi connectivity index (χ1n) is 3.57. The van der Waals surface area contributed by atoms with Gasteiger partial charge in [0, 0.05) is 11.8 Å². The average Bonchev–Trinajstić information content (AvgIpc) is 1.65. The van der Waals surface area contributed by atoms with Gasteiger partial charge >= 0.3 is 0 Å². The lowest BCUT2D eigenvalue weighted by Crippen LogP contribution is -1.99. The van der Waals surface area contributed by atoms with Crippen molar-refractivity contribution in [1.29, 1.82) is 0 Å². The fraction of sp³-hybridized carbons (Fsp3) is 1.00. The maximum absolute atomic E-state index is 11.5. The Balaban J connectivity index is -0.000000320. The quantitative estimate of drug-likeness (QED) is 0.598. The predicted octanol–water partition coefficient (Wildman–Crippen LogP) is 4.07. The molecule has 1 unspecified atom stereocenters. The number of rotatable bonds is 3. The Kier molecular flexibility index (Phi) is 10.9. The van der Waals surface area contributed by atoms with E-state index >= 15 is 0 Å². The van der Waals surface area contributed by atoms with Gasteiger partial charge in [0.25, 0.3) is 0 Å². The van der Waals surface area contributed by atoms with Gasteiger partial charge in [-0.25, -0.2) is 0 Å². The molecule has 0 saturated carbocycles. The minimum absolute atomic E-state index is 0. The minimum atomic E-state index is -1.76. The third-order valence-corrected chi connectivity index (χ3v) is 5.28. The Bertz CT molecular complexity index is 119. The third-order valence-electron chi connectivity index (χ3n) is 1.76. The van der Waals surface area contributed by atoms with Crippen molar-refractivity contribution >= 4 is 7.14 Å². The van der Waals surface area contributed by atoms with E-state index in [1.807, 2.05) is 20.5 Å². The summed E-state index contributed by atoms with van der Waals surface area (Å²) in [5.41, 5.74) is 0.373. The molecule has 0 aliphatic rings. The van der Waals surface area contributed by atoms with Gasteiger partial charge in [-0.15, -0.1) is 0 Å². The Morgan fingerprint density at radius 1 is 1.27 bits per heavy atom. The van der Waals surface area contributed by atoms with Crippen LogP contribution in [0.1, 0.15) is 42.0 Å². The highest BCUT2D eigenvalue weighted by molar-refractivity contribution is 7.63. The summed E-state index contributed by atoms with van der Waals surface area (Å²) < 4.78 is 11.5. The molecule has 0 radical (unpaired) electrons. The van der Waals surface area contributed by atoms with Crippen molar-refractivity contribution < 1.29 is 4.57 Å².